The van der Waals surface area contributed by atoms with Crippen LogP contribution in [0, 0.1) is 5.92 Å². The Labute approximate surface area is 120 Å². The van der Waals surface area contributed by atoms with Crippen molar-refractivity contribution in [2.45, 2.75) is 25.6 Å². The molecule has 1 saturated heterocycles. The molecule has 2 nitrogen and oxygen atoms in total. The normalized spacial score (nSPS) is 23.1. The number of rotatable bonds is 2. The van der Waals surface area contributed by atoms with E-state index < -0.39 is 17.6 Å². The zero-order valence-corrected chi connectivity index (χ0v) is 11.7. The number of alkyl halides is 4. The highest BCUT2D eigenvalue weighted by Crippen LogP contribution is 2.34. The molecule has 1 aromatic rings. The number of halogens is 4. The minimum atomic E-state index is -4.53. The molecule has 0 aliphatic carbocycles. The number of hydrogen-bond acceptors (Lipinski definition) is 1. The summed E-state index contributed by atoms with van der Waals surface area (Å²) in [5.74, 6) is -0.149. The lowest BCUT2D eigenvalue weighted by molar-refractivity contribution is -0.138. The molecule has 1 amide bonds. The second-order valence-corrected chi connectivity index (χ2v) is 5.34. The monoisotopic (exact) mass is 305 g/mol. The number of carbonyl (C=O) groups excluding carboxylic acids is 1. The summed E-state index contributed by atoms with van der Waals surface area (Å²) >= 11 is 5.84. The van der Waals surface area contributed by atoms with E-state index in [2.05, 4.69) is 0 Å². The van der Waals surface area contributed by atoms with Crippen LogP contribution in [0.3, 0.4) is 0 Å². The van der Waals surface area contributed by atoms with Gasteiger partial charge < -0.3 is 4.90 Å². The molecule has 0 radical (unpaired) electrons. The maximum Gasteiger partial charge on any atom is 0.417 e. The molecule has 0 saturated carbocycles. The molecule has 2 unspecified atom stereocenters. The first kappa shape index (κ1) is 15.2. The van der Waals surface area contributed by atoms with E-state index in [1.807, 2.05) is 6.92 Å². The minimum absolute atomic E-state index is 0.203. The van der Waals surface area contributed by atoms with Crippen LogP contribution in [0.15, 0.2) is 24.3 Å². The summed E-state index contributed by atoms with van der Waals surface area (Å²) in [6.45, 7) is 2.40. The van der Waals surface area contributed by atoms with E-state index in [4.69, 9.17) is 11.6 Å². The summed E-state index contributed by atoms with van der Waals surface area (Å²) in [4.78, 5) is 13.9. The van der Waals surface area contributed by atoms with Crippen molar-refractivity contribution < 1.29 is 18.0 Å². The maximum absolute atomic E-state index is 13.0. The molecule has 0 spiro atoms. The van der Waals surface area contributed by atoms with E-state index >= 15 is 0 Å². The molecule has 1 aromatic carbocycles. The third kappa shape index (κ3) is 2.77. The van der Waals surface area contributed by atoms with Gasteiger partial charge in [0.25, 0.3) is 5.91 Å². The third-order valence-electron chi connectivity index (χ3n) is 3.76. The molecular weight excluding hydrogens is 291 g/mol. The lowest BCUT2D eigenvalue weighted by Gasteiger charge is -2.26. The van der Waals surface area contributed by atoms with Gasteiger partial charge >= 0.3 is 6.18 Å². The van der Waals surface area contributed by atoms with E-state index in [0.717, 1.165) is 12.5 Å². The average molecular weight is 306 g/mol. The van der Waals surface area contributed by atoms with Crippen LogP contribution < -0.4 is 0 Å². The quantitative estimate of drug-likeness (QED) is 0.761. The van der Waals surface area contributed by atoms with Crippen molar-refractivity contribution in [3.8, 4) is 0 Å². The van der Waals surface area contributed by atoms with Crippen LogP contribution in [-0.2, 0) is 6.18 Å². The molecule has 1 aliphatic heterocycles. The van der Waals surface area contributed by atoms with Crippen LogP contribution in [0.25, 0.3) is 0 Å². The largest absolute Gasteiger partial charge is 0.417 e. The predicted molar refractivity (Wildman–Crippen MR) is 70.8 cm³/mol. The second kappa shape index (κ2) is 5.64. The van der Waals surface area contributed by atoms with Gasteiger partial charge in [-0.15, -0.1) is 11.6 Å². The SMILES string of the molecule is CC1CCN(C(=O)c2ccccc2C(F)(F)F)C1CCl. The summed E-state index contributed by atoms with van der Waals surface area (Å²) in [6, 6.07) is 4.68. The highest BCUT2D eigenvalue weighted by Gasteiger charge is 2.39. The van der Waals surface area contributed by atoms with Crippen molar-refractivity contribution in [3.63, 3.8) is 0 Å². The van der Waals surface area contributed by atoms with E-state index in [9.17, 15) is 18.0 Å². The van der Waals surface area contributed by atoms with E-state index in [1.54, 1.807) is 0 Å². The Bertz CT molecular complexity index is 503. The highest BCUT2D eigenvalue weighted by atomic mass is 35.5. The Morgan fingerprint density at radius 1 is 1.40 bits per heavy atom. The molecule has 2 atom stereocenters. The predicted octanol–water partition coefficient (Wildman–Crippen LogP) is 3.79. The van der Waals surface area contributed by atoms with Crippen molar-refractivity contribution in [1.82, 2.24) is 4.90 Å². The Kier molecular flexibility index (Phi) is 4.28. The van der Waals surface area contributed by atoms with Gasteiger partial charge in [0.15, 0.2) is 0 Å². The van der Waals surface area contributed by atoms with Gasteiger partial charge in [0.2, 0.25) is 0 Å². The van der Waals surface area contributed by atoms with E-state index in [0.29, 0.717) is 6.54 Å². The van der Waals surface area contributed by atoms with Crippen molar-refractivity contribution in [2.24, 2.45) is 5.92 Å². The Morgan fingerprint density at radius 2 is 2.05 bits per heavy atom. The van der Waals surface area contributed by atoms with Crippen molar-refractivity contribution in [2.75, 3.05) is 12.4 Å². The van der Waals surface area contributed by atoms with Gasteiger partial charge in [0.1, 0.15) is 0 Å². The summed E-state index contributed by atoms with van der Waals surface area (Å²) in [7, 11) is 0. The number of amides is 1. The maximum atomic E-state index is 13.0. The van der Waals surface area contributed by atoms with Crippen LogP contribution in [-0.4, -0.2) is 29.3 Å². The third-order valence-corrected chi connectivity index (χ3v) is 4.08. The second-order valence-electron chi connectivity index (χ2n) is 5.03. The van der Waals surface area contributed by atoms with Gasteiger partial charge in [-0.2, -0.15) is 13.2 Å². The van der Waals surface area contributed by atoms with Crippen LogP contribution in [0.4, 0.5) is 13.2 Å². The lowest BCUT2D eigenvalue weighted by atomic mass is 10.0. The Balaban J connectivity index is 2.35. The zero-order valence-electron chi connectivity index (χ0n) is 11.0. The lowest BCUT2D eigenvalue weighted by Crippen LogP contribution is -2.39. The number of benzene rings is 1. The fraction of sp³-hybridized carbons (Fsp3) is 0.500. The van der Waals surface area contributed by atoms with Crippen LogP contribution in [0.2, 0.25) is 0 Å². The number of hydrogen-bond donors (Lipinski definition) is 0. The molecule has 0 N–H and O–H groups in total. The number of nitrogens with zero attached hydrogens (tertiary/aromatic N) is 1. The van der Waals surface area contributed by atoms with Gasteiger partial charge in [-0.05, 0) is 24.5 Å². The molecule has 110 valence electrons. The topological polar surface area (TPSA) is 20.3 Å². The molecule has 0 aromatic heterocycles. The smallest absolute Gasteiger partial charge is 0.334 e. The van der Waals surface area contributed by atoms with Gasteiger partial charge in [0.05, 0.1) is 11.1 Å². The molecule has 0 bridgehead atoms. The first-order valence-electron chi connectivity index (χ1n) is 6.39. The van der Waals surface area contributed by atoms with Gasteiger partial charge in [-0.3, -0.25) is 4.79 Å². The van der Waals surface area contributed by atoms with E-state index in [-0.39, 0.29) is 23.4 Å². The molecule has 1 fully saturated rings. The van der Waals surface area contributed by atoms with Crippen molar-refractivity contribution >= 4 is 17.5 Å². The first-order chi connectivity index (χ1) is 9.36. The van der Waals surface area contributed by atoms with Crippen molar-refractivity contribution in [1.29, 1.82) is 0 Å². The number of likely N-dealkylation sites (tertiary alicyclic amines) is 1. The molecule has 20 heavy (non-hydrogen) atoms. The van der Waals surface area contributed by atoms with Crippen LogP contribution in [0.5, 0.6) is 0 Å². The van der Waals surface area contributed by atoms with Crippen LogP contribution in [0.1, 0.15) is 29.3 Å². The van der Waals surface area contributed by atoms with Crippen LogP contribution >= 0.6 is 11.6 Å². The standard InChI is InChI=1S/C14H15ClF3NO/c1-9-6-7-19(12(9)8-15)13(20)10-4-2-3-5-11(10)14(16,17)18/h2-5,9,12H,6-8H2,1H3. The fourth-order valence-corrected chi connectivity index (χ4v) is 3.04. The molecular formula is C14H15ClF3NO. The fourth-order valence-electron chi connectivity index (χ4n) is 2.57. The summed E-state index contributed by atoms with van der Waals surface area (Å²) in [5.41, 5.74) is -1.19. The Morgan fingerprint density at radius 3 is 2.65 bits per heavy atom. The molecule has 1 heterocycles. The van der Waals surface area contributed by atoms with Gasteiger partial charge in [-0.25, -0.2) is 0 Å². The highest BCUT2D eigenvalue weighted by molar-refractivity contribution is 6.18. The average Bonchev–Trinajstić information content (AvgIpc) is 2.78. The molecule has 1 aliphatic rings. The zero-order chi connectivity index (χ0) is 14.9. The minimum Gasteiger partial charge on any atom is -0.334 e. The summed E-state index contributed by atoms with van der Waals surface area (Å²) in [6.07, 6.45) is -3.77. The van der Waals surface area contributed by atoms with E-state index in [1.165, 1.54) is 23.1 Å². The van der Waals surface area contributed by atoms with Gasteiger partial charge in [0, 0.05) is 18.5 Å². The molecule has 2 rings (SSSR count). The summed E-state index contributed by atoms with van der Waals surface area (Å²) in [5, 5.41) is 0. The molecule has 6 heteroatoms. The first-order valence-corrected chi connectivity index (χ1v) is 6.93. The Hall–Kier alpha value is -1.23. The van der Waals surface area contributed by atoms with Gasteiger partial charge in [-0.1, -0.05) is 19.1 Å². The summed E-state index contributed by atoms with van der Waals surface area (Å²) < 4.78 is 38.9. The number of carbonyl (C=O) groups is 1. The van der Waals surface area contributed by atoms with Crippen molar-refractivity contribution in [3.05, 3.63) is 35.4 Å².